The van der Waals surface area contributed by atoms with Gasteiger partial charge in [-0.15, -0.1) is 0 Å². The van der Waals surface area contributed by atoms with Crippen molar-refractivity contribution < 1.29 is 4.79 Å². The van der Waals surface area contributed by atoms with Crippen LogP contribution in [0.3, 0.4) is 0 Å². The van der Waals surface area contributed by atoms with Crippen LogP contribution in [0.15, 0.2) is 71.5 Å². The topological polar surface area (TPSA) is 69.3 Å². The molecule has 0 atom stereocenters. The van der Waals surface area contributed by atoms with Gasteiger partial charge in [0.2, 0.25) is 0 Å². The Balaban J connectivity index is 1.50. The second-order valence-corrected chi connectivity index (χ2v) is 9.12. The molecule has 0 bridgehead atoms. The maximum Gasteiger partial charge on any atom is 0.257 e. The molecule has 0 aliphatic carbocycles. The van der Waals surface area contributed by atoms with Gasteiger partial charge in [0, 0.05) is 41.5 Å². The SMILES string of the molecule is CC1(C)CN(c2ccc(NC(=O)c3ccccc3Nc3cccnc3)cc2Br)CCN1. The number of hydrogen-bond donors (Lipinski definition) is 3. The van der Waals surface area contributed by atoms with Gasteiger partial charge in [0.25, 0.3) is 5.91 Å². The fourth-order valence-electron chi connectivity index (χ4n) is 3.77. The third-order valence-corrected chi connectivity index (χ3v) is 5.87. The smallest absolute Gasteiger partial charge is 0.257 e. The van der Waals surface area contributed by atoms with Crippen LogP contribution in [0.1, 0.15) is 24.2 Å². The Morgan fingerprint density at radius 2 is 1.97 bits per heavy atom. The van der Waals surface area contributed by atoms with Crippen LogP contribution < -0.4 is 20.9 Å². The molecule has 0 saturated carbocycles. The Bertz CT molecular complexity index is 1070. The number of nitrogens with one attached hydrogen (secondary N) is 3. The fraction of sp³-hybridized carbons (Fsp3) is 0.250. The lowest BCUT2D eigenvalue weighted by Crippen LogP contribution is -2.57. The molecular weight excluding hydrogens is 454 g/mol. The van der Waals surface area contributed by atoms with E-state index in [9.17, 15) is 4.79 Å². The van der Waals surface area contributed by atoms with Gasteiger partial charge < -0.3 is 20.9 Å². The minimum atomic E-state index is -0.171. The van der Waals surface area contributed by atoms with Gasteiger partial charge in [-0.05, 0) is 72.2 Å². The summed E-state index contributed by atoms with van der Waals surface area (Å²) in [5, 5.41) is 9.81. The normalized spacial score (nSPS) is 15.4. The maximum absolute atomic E-state index is 13.0. The molecule has 0 radical (unpaired) electrons. The molecule has 4 rings (SSSR count). The lowest BCUT2D eigenvalue weighted by Gasteiger charge is -2.40. The van der Waals surface area contributed by atoms with E-state index in [4.69, 9.17) is 0 Å². The van der Waals surface area contributed by atoms with Gasteiger partial charge >= 0.3 is 0 Å². The van der Waals surface area contributed by atoms with Gasteiger partial charge in [-0.2, -0.15) is 0 Å². The third kappa shape index (κ3) is 5.24. The molecular formula is C24H26BrN5O. The van der Waals surface area contributed by atoms with E-state index in [1.54, 1.807) is 18.5 Å². The molecule has 2 aromatic carbocycles. The van der Waals surface area contributed by atoms with Crippen molar-refractivity contribution in [2.24, 2.45) is 0 Å². The van der Waals surface area contributed by atoms with Gasteiger partial charge in [-0.3, -0.25) is 9.78 Å². The number of benzene rings is 2. The first kappa shape index (κ1) is 21.3. The highest BCUT2D eigenvalue weighted by Gasteiger charge is 2.26. The van der Waals surface area contributed by atoms with Crippen LogP contribution >= 0.6 is 15.9 Å². The molecule has 7 heteroatoms. The van der Waals surface area contributed by atoms with E-state index in [0.29, 0.717) is 5.56 Å². The van der Waals surface area contributed by atoms with Gasteiger partial charge in [0.15, 0.2) is 0 Å². The van der Waals surface area contributed by atoms with E-state index in [1.165, 1.54) is 0 Å². The van der Waals surface area contributed by atoms with Crippen molar-refractivity contribution in [3.63, 3.8) is 0 Å². The summed E-state index contributed by atoms with van der Waals surface area (Å²) in [6, 6.07) is 17.2. The number of aromatic nitrogens is 1. The number of hydrogen-bond acceptors (Lipinski definition) is 5. The number of carbonyl (C=O) groups is 1. The van der Waals surface area contributed by atoms with Crippen LogP contribution in [-0.4, -0.2) is 36.1 Å². The average molecular weight is 480 g/mol. The molecule has 160 valence electrons. The van der Waals surface area contributed by atoms with E-state index in [0.717, 1.165) is 46.9 Å². The van der Waals surface area contributed by atoms with E-state index in [-0.39, 0.29) is 11.4 Å². The average Bonchev–Trinajstić information content (AvgIpc) is 2.74. The molecule has 1 aromatic heterocycles. The number of amides is 1. The summed E-state index contributed by atoms with van der Waals surface area (Å²) in [4.78, 5) is 19.5. The largest absolute Gasteiger partial charge is 0.368 e. The molecule has 1 saturated heterocycles. The Hall–Kier alpha value is -2.90. The van der Waals surface area contributed by atoms with E-state index in [1.807, 2.05) is 42.5 Å². The molecule has 3 N–H and O–H groups in total. The van der Waals surface area contributed by atoms with Gasteiger partial charge in [0.05, 0.1) is 28.8 Å². The molecule has 1 aliphatic rings. The summed E-state index contributed by atoms with van der Waals surface area (Å²) in [6.07, 6.45) is 3.44. The summed E-state index contributed by atoms with van der Waals surface area (Å²) >= 11 is 3.69. The Kier molecular flexibility index (Phi) is 6.25. The molecule has 0 unspecified atom stereocenters. The minimum Gasteiger partial charge on any atom is -0.368 e. The predicted octanol–water partition coefficient (Wildman–Crippen LogP) is 5.03. The monoisotopic (exact) mass is 479 g/mol. The molecule has 1 fully saturated rings. The number of pyridine rings is 1. The van der Waals surface area contributed by atoms with Gasteiger partial charge in [0.1, 0.15) is 0 Å². The predicted molar refractivity (Wildman–Crippen MR) is 130 cm³/mol. The summed E-state index contributed by atoms with van der Waals surface area (Å²) < 4.78 is 0.963. The second kappa shape index (κ2) is 9.08. The molecule has 6 nitrogen and oxygen atoms in total. The van der Waals surface area contributed by atoms with Crippen molar-refractivity contribution in [1.29, 1.82) is 0 Å². The number of rotatable bonds is 5. The number of halogens is 1. The Morgan fingerprint density at radius 3 is 2.71 bits per heavy atom. The number of anilines is 4. The van der Waals surface area contributed by atoms with Crippen LogP contribution in [0.4, 0.5) is 22.7 Å². The number of piperazine rings is 1. The van der Waals surface area contributed by atoms with Crippen LogP contribution in [0.2, 0.25) is 0 Å². The first-order chi connectivity index (χ1) is 14.9. The van der Waals surface area contributed by atoms with Crippen LogP contribution in [0, 0.1) is 0 Å². The van der Waals surface area contributed by atoms with Crippen molar-refractivity contribution in [1.82, 2.24) is 10.3 Å². The molecule has 1 aliphatic heterocycles. The van der Waals surface area contributed by atoms with E-state index in [2.05, 4.69) is 61.7 Å². The number of carbonyl (C=O) groups excluding carboxylic acids is 1. The fourth-order valence-corrected chi connectivity index (χ4v) is 4.40. The zero-order chi connectivity index (χ0) is 21.8. The molecule has 2 heterocycles. The highest BCUT2D eigenvalue weighted by atomic mass is 79.9. The van der Waals surface area contributed by atoms with Crippen LogP contribution in [0.25, 0.3) is 0 Å². The van der Waals surface area contributed by atoms with Crippen molar-refractivity contribution in [2.75, 3.05) is 35.2 Å². The summed E-state index contributed by atoms with van der Waals surface area (Å²) in [7, 11) is 0. The zero-order valence-corrected chi connectivity index (χ0v) is 19.2. The standard InChI is InChI=1S/C24H26BrN5O/c1-24(2)16-30(13-12-27-24)22-10-9-17(14-20(22)25)29-23(31)19-7-3-4-8-21(19)28-18-6-5-11-26-15-18/h3-11,14-15,27-28H,12-13,16H2,1-2H3,(H,29,31). The minimum absolute atomic E-state index is 0.0650. The second-order valence-electron chi connectivity index (χ2n) is 8.26. The first-order valence-corrected chi connectivity index (χ1v) is 11.1. The third-order valence-electron chi connectivity index (χ3n) is 5.23. The van der Waals surface area contributed by atoms with Crippen molar-refractivity contribution in [2.45, 2.75) is 19.4 Å². The summed E-state index contributed by atoms with van der Waals surface area (Å²) in [5.74, 6) is -0.171. The molecule has 1 amide bonds. The molecule has 3 aromatic rings. The van der Waals surface area contributed by atoms with Gasteiger partial charge in [-0.25, -0.2) is 0 Å². The van der Waals surface area contributed by atoms with Crippen LogP contribution in [-0.2, 0) is 0 Å². The van der Waals surface area contributed by atoms with Crippen LogP contribution in [0.5, 0.6) is 0 Å². The number of nitrogens with zero attached hydrogens (tertiary/aromatic N) is 2. The van der Waals surface area contributed by atoms with Crippen molar-refractivity contribution in [3.05, 3.63) is 77.0 Å². The lowest BCUT2D eigenvalue weighted by atomic mass is 10.0. The van der Waals surface area contributed by atoms with Gasteiger partial charge in [-0.1, -0.05) is 12.1 Å². The molecule has 0 spiro atoms. The summed E-state index contributed by atoms with van der Waals surface area (Å²) in [6.45, 7) is 7.22. The Labute approximate surface area is 191 Å². The van der Waals surface area contributed by atoms with Crippen molar-refractivity contribution in [3.8, 4) is 0 Å². The maximum atomic E-state index is 13.0. The number of para-hydroxylation sites is 1. The first-order valence-electron chi connectivity index (χ1n) is 10.3. The van der Waals surface area contributed by atoms with E-state index >= 15 is 0 Å². The van der Waals surface area contributed by atoms with E-state index < -0.39 is 0 Å². The Morgan fingerprint density at radius 1 is 1.13 bits per heavy atom. The highest BCUT2D eigenvalue weighted by molar-refractivity contribution is 9.10. The highest BCUT2D eigenvalue weighted by Crippen LogP contribution is 2.31. The lowest BCUT2D eigenvalue weighted by molar-refractivity contribution is 0.102. The molecule has 31 heavy (non-hydrogen) atoms. The summed E-state index contributed by atoms with van der Waals surface area (Å²) in [5.41, 5.74) is 4.06. The zero-order valence-electron chi connectivity index (χ0n) is 17.7. The van der Waals surface area contributed by atoms with Crippen molar-refractivity contribution >= 4 is 44.6 Å². The quantitative estimate of drug-likeness (QED) is 0.478.